The quantitative estimate of drug-likeness (QED) is 0.546. The van der Waals surface area contributed by atoms with Crippen LogP contribution in [0.3, 0.4) is 0 Å². The molecule has 0 radical (unpaired) electrons. The molecule has 0 aliphatic carbocycles. The van der Waals surface area contributed by atoms with Crippen LogP contribution in [0.15, 0.2) is 53.6 Å². The molecule has 33 heavy (non-hydrogen) atoms. The monoisotopic (exact) mass is 449 g/mol. The molecule has 2 aromatic carbocycles. The topological polar surface area (TPSA) is 89.4 Å². The molecule has 3 aromatic rings. The molecular formula is C26H31N3O4. The smallest absolute Gasteiger partial charge is 0.257 e. The van der Waals surface area contributed by atoms with Gasteiger partial charge in [0, 0.05) is 25.5 Å². The van der Waals surface area contributed by atoms with Crippen LogP contribution in [-0.4, -0.2) is 30.0 Å². The molecule has 174 valence electrons. The highest BCUT2D eigenvalue weighted by atomic mass is 16.5. The van der Waals surface area contributed by atoms with Gasteiger partial charge in [-0.25, -0.2) is 0 Å². The van der Waals surface area contributed by atoms with E-state index < -0.39 is 17.2 Å². The molecular weight excluding hydrogens is 418 g/mol. The third kappa shape index (κ3) is 5.61. The van der Waals surface area contributed by atoms with Gasteiger partial charge in [0.2, 0.25) is 5.43 Å². The third-order valence-electron chi connectivity index (χ3n) is 5.40. The first-order valence-electron chi connectivity index (χ1n) is 11.1. The van der Waals surface area contributed by atoms with Gasteiger partial charge >= 0.3 is 0 Å². The summed E-state index contributed by atoms with van der Waals surface area (Å²) in [4.78, 5) is 38.5. The van der Waals surface area contributed by atoms with Crippen LogP contribution < -0.4 is 20.8 Å². The lowest BCUT2D eigenvalue weighted by Crippen LogP contribution is -2.36. The number of hydrogen-bond acceptors (Lipinski definition) is 4. The van der Waals surface area contributed by atoms with Crippen molar-refractivity contribution in [1.29, 1.82) is 0 Å². The number of nitrogens with zero attached hydrogens (tertiary/aromatic N) is 1. The van der Waals surface area contributed by atoms with E-state index in [9.17, 15) is 14.4 Å². The van der Waals surface area contributed by atoms with Crippen molar-refractivity contribution in [3.8, 4) is 5.75 Å². The van der Waals surface area contributed by atoms with Crippen molar-refractivity contribution in [2.45, 2.75) is 40.3 Å². The fourth-order valence-corrected chi connectivity index (χ4v) is 3.73. The molecule has 0 bridgehead atoms. The van der Waals surface area contributed by atoms with E-state index >= 15 is 0 Å². The van der Waals surface area contributed by atoms with E-state index in [2.05, 4.69) is 10.6 Å². The number of amides is 2. The van der Waals surface area contributed by atoms with Gasteiger partial charge < -0.3 is 19.9 Å². The Kier molecular flexibility index (Phi) is 7.53. The number of methoxy groups -OCH3 is 1. The molecule has 0 saturated carbocycles. The summed E-state index contributed by atoms with van der Waals surface area (Å²) in [5.41, 5.74) is 0.258. The summed E-state index contributed by atoms with van der Waals surface area (Å²) in [6.45, 7) is 8.67. The summed E-state index contributed by atoms with van der Waals surface area (Å²) >= 11 is 0. The summed E-state index contributed by atoms with van der Waals surface area (Å²) in [6, 6.07) is 11.4. The van der Waals surface area contributed by atoms with E-state index in [1.807, 2.05) is 57.2 Å². The average Bonchev–Trinajstić information content (AvgIpc) is 2.78. The highest BCUT2D eigenvalue weighted by molar-refractivity contribution is 5.99. The number of pyridine rings is 1. The van der Waals surface area contributed by atoms with Gasteiger partial charge in [-0.3, -0.25) is 14.4 Å². The van der Waals surface area contributed by atoms with Gasteiger partial charge in [-0.05, 0) is 54.3 Å². The maximum absolute atomic E-state index is 13.1. The van der Waals surface area contributed by atoms with Crippen molar-refractivity contribution in [3.05, 3.63) is 75.7 Å². The van der Waals surface area contributed by atoms with Gasteiger partial charge in [0.1, 0.15) is 16.9 Å². The summed E-state index contributed by atoms with van der Waals surface area (Å²) in [5, 5.41) is 7.61. The summed E-state index contributed by atoms with van der Waals surface area (Å²) in [5.74, 6) is 0.0700. The number of aromatic nitrogens is 1. The van der Waals surface area contributed by atoms with Gasteiger partial charge in [-0.15, -0.1) is 0 Å². The Balaban J connectivity index is 1.90. The largest absolute Gasteiger partial charge is 0.497 e. The van der Waals surface area contributed by atoms with Gasteiger partial charge in [0.05, 0.1) is 13.2 Å². The molecule has 3 rings (SSSR count). The van der Waals surface area contributed by atoms with E-state index in [1.165, 1.54) is 12.4 Å². The highest BCUT2D eigenvalue weighted by Crippen LogP contribution is 2.24. The normalized spacial score (nSPS) is 11.9. The first-order chi connectivity index (χ1) is 15.7. The average molecular weight is 450 g/mol. The summed E-state index contributed by atoms with van der Waals surface area (Å²) < 4.78 is 7.01. The Labute approximate surface area is 193 Å². The Morgan fingerprint density at radius 1 is 0.970 bits per heavy atom. The number of ether oxygens (including phenoxy) is 1. The van der Waals surface area contributed by atoms with Crippen LogP contribution in [0.1, 0.15) is 60.0 Å². The highest BCUT2D eigenvalue weighted by Gasteiger charge is 2.21. The van der Waals surface area contributed by atoms with Crippen LogP contribution in [0, 0.1) is 5.92 Å². The van der Waals surface area contributed by atoms with Crippen LogP contribution in [0.2, 0.25) is 0 Å². The molecule has 2 N–H and O–H groups in total. The van der Waals surface area contributed by atoms with Crippen LogP contribution >= 0.6 is 0 Å². The SMILES string of the molecule is CCNC(=O)c1cn(CC(C)C)cc(C(=O)N[C@@H](C)c2ccc3cc(OC)ccc3c2)c1=O. The van der Waals surface area contributed by atoms with Gasteiger partial charge in [-0.1, -0.05) is 32.0 Å². The number of nitrogens with one attached hydrogen (secondary N) is 2. The van der Waals surface area contributed by atoms with Crippen molar-refractivity contribution in [1.82, 2.24) is 15.2 Å². The first kappa shape index (κ1) is 24.0. The molecule has 0 aliphatic rings. The van der Waals surface area contributed by atoms with E-state index in [0.29, 0.717) is 13.1 Å². The van der Waals surface area contributed by atoms with E-state index in [1.54, 1.807) is 18.6 Å². The molecule has 0 aliphatic heterocycles. The minimum atomic E-state index is -0.573. The fraction of sp³-hybridized carbons (Fsp3) is 0.346. The fourth-order valence-electron chi connectivity index (χ4n) is 3.73. The number of carbonyl (C=O) groups excluding carboxylic acids is 2. The summed E-state index contributed by atoms with van der Waals surface area (Å²) in [6.07, 6.45) is 3.05. The molecule has 0 saturated heterocycles. The molecule has 1 aromatic heterocycles. The molecule has 7 nitrogen and oxygen atoms in total. The van der Waals surface area contributed by atoms with E-state index in [-0.39, 0.29) is 23.1 Å². The van der Waals surface area contributed by atoms with Gasteiger partial charge in [-0.2, -0.15) is 0 Å². The lowest BCUT2D eigenvalue weighted by molar-refractivity contribution is 0.0937. The Morgan fingerprint density at radius 3 is 2.24 bits per heavy atom. The minimum Gasteiger partial charge on any atom is -0.497 e. The lowest BCUT2D eigenvalue weighted by atomic mass is 10.0. The molecule has 0 spiro atoms. The zero-order valence-corrected chi connectivity index (χ0v) is 19.8. The van der Waals surface area contributed by atoms with Gasteiger partial charge in [0.15, 0.2) is 0 Å². The Hall–Kier alpha value is -3.61. The van der Waals surface area contributed by atoms with Crippen LogP contribution in [-0.2, 0) is 6.54 Å². The minimum absolute atomic E-state index is 0.0301. The van der Waals surface area contributed by atoms with Crippen molar-refractivity contribution in [2.24, 2.45) is 5.92 Å². The van der Waals surface area contributed by atoms with Crippen LogP contribution in [0.4, 0.5) is 0 Å². The van der Waals surface area contributed by atoms with Crippen molar-refractivity contribution in [2.75, 3.05) is 13.7 Å². The predicted octanol–water partition coefficient (Wildman–Crippen LogP) is 3.91. The molecule has 0 unspecified atom stereocenters. The zero-order valence-electron chi connectivity index (χ0n) is 19.8. The van der Waals surface area contributed by atoms with Gasteiger partial charge in [0.25, 0.3) is 11.8 Å². The number of fused-ring (bicyclic) bond motifs is 1. The number of benzene rings is 2. The van der Waals surface area contributed by atoms with Crippen LogP contribution in [0.5, 0.6) is 5.75 Å². The number of rotatable bonds is 8. The van der Waals surface area contributed by atoms with Crippen molar-refractivity contribution in [3.63, 3.8) is 0 Å². The Morgan fingerprint density at radius 2 is 1.61 bits per heavy atom. The molecule has 7 heteroatoms. The maximum Gasteiger partial charge on any atom is 0.257 e. The second kappa shape index (κ2) is 10.3. The van der Waals surface area contributed by atoms with E-state index in [4.69, 9.17) is 4.74 Å². The number of hydrogen-bond donors (Lipinski definition) is 2. The predicted molar refractivity (Wildman–Crippen MR) is 130 cm³/mol. The lowest BCUT2D eigenvalue weighted by Gasteiger charge is -2.17. The maximum atomic E-state index is 13.1. The Bertz CT molecular complexity index is 1230. The molecule has 1 atom stereocenters. The van der Waals surface area contributed by atoms with Crippen LogP contribution in [0.25, 0.3) is 10.8 Å². The molecule has 1 heterocycles. The van der Waals surface area contributed by atoms with Crippen molar-refractivity contribution < 1.29 is 14.3 Å². The number of carbonyl (C=O) groups is 2. The molecule has 0 fully saturated rings. The zero-order chi connectivity index (χ0) is 24.1. The van der Waals surface area contributed by atoms with E-state index in [0.717, 1.165) is 22.1 Å². The molecule has 2 amide bonds. The first-order valence-corrected chi connectivity index (χ1v) is 11.1. The second-order valence-corrected chi connectivity index (χ2v) is 8.53. The third-order valence-corrected chi connectivity index (χ3v) is 5.40. The second-order valence-electron chi connectivity index (χ2n) is 8.53. The standard InChI is InChI=1S/C26H31N3O4/c1-6-27-25(31)22-14-29(13-16(2)3)15-23(24(22)30)26(32)28-17(4)18-7-8-20-12-21(33-5)10-9-19(20)11-18/h7-12,14-17H,6,13H2,1-5H3,(H,27,31)(H,28,32)/t17-/m0/s1. The van der Waals surface area contributed by atoms with Crippen molar-refractivity contribution >= 4 is 22.6 Å². The summed E-state index contributed by atoms with van der Waals surface area (Å²) in [7, 11) is 1.63.